The summed E-state index contributed by atoms with van der Waals surface area (Å²) >= 11 is 0. The molecule has 0 unspecified atom stereocenters. The molecule has 0 radical (unpaired) electrons. The third-order valence-electron chi connectivity index (χ3n) is 4.98. The molecular weight excluding hydrogens is 318 g/mol. The van der Waals surface area contributed by atoms with Crippen LogP contribution in [0.3, 0.4) is 0 Å². The van der Waals surface area contributed by atoms with Gasteiger partial charge in [0.25, 0.3) is 10.0 Å². The number of carbonyl (C=O) groups is 1. The first-order valence-corrected chi connectivity index (χ1v) is 9.36. The molecule has 0 atom stereocenters. The predicted octanol–water partition coefficient (Wildman–Crippen LogP) is 2.42. The van der Waals surface area contributed by atoms with E-state index in [1.165, 1.54) is 10.4 Å². The number of carboxylic acids is 1. The Labute approximate surface area is 135 Å². The van der Waals surface area contributed by atoms with E-state index >= 15 is 0 Å². The molecule has 7 heteroatoms. The maximum atomic E-state index is 12.6. The van der Waals surface area contributed by atoms with Crippen LogP contribution in [0, 0.1) is 5.41 Å². The van der Waals surface area contributed by atoms with Crippen LogP contribution in [0.4, 0.5) is 0 Å². The van der Waals surface area contributed by atoms with Gasteiger partial charge < -0.3 is 9.52 Å². The van der Waals surface area contributed by atoms with Gasteiger partial charge in [-0.15, -0.1) is 0 Å². The van der Waals surface area contributed by atoms with Crippen molar-refractivity contribution in [2.75, 3.05) is 13.1 Å². The molecule has 1 fully saturated rings. The monoisotopic (exact) mass is 339 g/mol. The average Bonchev–Trinajstić information content (AvgIpc) is 2.96. The summed E-state index contributed by atoms with van der Waals surface area (Å²) in [6.07, 6.45) is 5.10. The Morgan fingerprint density at radius 3 is 2.57 bits per heavy atom. The number of aliphatic carboxylic acids is 1. The summed E-state index contributed by atoms with van der Waals surface area (Å²) < 4.78 is 31.9. The Bertz CT molecular complexity index is 742. The van der Waals surface area contributed by atoms with E-state index in [0.717, 1.165) is 12.0 Å². The molecule has 1 N–H and O–H groups in total. The number of sulfonamides is 1. The van der Waals surface area contributed by atoms with Crippen LogP contribution in [-0.2, 0) is 21.2 Å². The maximum absolute atomic E-state index is 12.6. The Kier molecular flexibility index (Phi) is 4.10. The number of hydrogen-bond acceptors (Lipinski definition) is 4. The van der Waals surface area contributed by atoms with Crippen LogP contribution in [0.1, 0.15) is 38.4 Å². The lowest BCUT2D eigenvalue weighted by molar-refractivity contribution is -0.151. The minimum Gasteiger partial charge on any atom is -0.481 e. The zero-order valence-electron chi connectivity index (χ0n) is 13.1. The number of rotatable bonds is 5. The number of carboxylic acid groups (broad SMARTS) is 1. The molecule has 1 aliphatic carbocycles. The summed E-state index contributed by atoms with van der Waals surface area (Å²) in [6, 6.07) is 3.16. The molecule has 126 valence electrons. The van der Waals surface area contributed by atoms with E-state index in [9.17, 15) is 18.3 Å². The maximum Gasteiger partial charge on any atom is 0.313 e. The van der Waals surface area contributed by atoms with Crippen LogP contribution >= 0.6 is 0 Å². The van der Waals surface area contributed by atoms with Crippen molar-refractivity contribution >= 4 is 16.0 Å². The van der Waals surface area contributed by atoms with E-state index in [1.54, 1.807) is 12.1 Å². The highest BCUT2D eigenvalue weighted by Crippen LogP contribution is 2.49. The molecule has 0 amide bonds. The normalized spacial score (nSPS) is 21.5. The van der Waals surface area contributed by atoms with Gasteiger partial charge in [0, 0.05) is 19.5 Å². The lowest BCUT2D eigenvalue weighted by Gasteiger charge is -2.42. The SMILES string of the molecule is CCc1ccc(S(=O)(=O)N2CC=C(C3(C(=O)O)CCC3)CC2)o1. The summed E-state index contributed by atoms with van der Waals surface area (Å²) in [7, 11) is -3.65. The van der Waals surface area contributed by atoms with E-state index in [1.807, 2.05) is 6.92 Å². The summed E-state index contributed by atoms with van der Waals surface area (Å²) in [4.78, 5) is 11.6. The van der Waals surface area contributed by atoms with Gasteiger partial charge in [0.15, 0.2) is 0 Å². The van der Waals surface area contributed by atoms with Crippen molar-refractivity contribution in [1.29, 1.82) is 0 Å². The Morgan fingerprint density at radius 2 is 2.13 bits per heavy atom. The zero-order chi connectivity index (χ0) is 16.7. The molecular formula is C16H21NO5S. The second kappa shape index (κ2) is 5.79. The standard InChI is InChI=1S/C16H21NO5S/c1-2-13-4-5-14(22-13)23(20,21)17-10-6-12(7-11-17)16(15(18)19)8-3-9-16/h4-6H,2-3,7-11H2,1H3,(H,18,19). The fourth-order valence-electron chi connectivity index (χ4n) is 3.32. The second-order valence-electron chi connectivity index (χ2n) is 6.16. The highest BCUT2D eigenvalue weighted by Gasteiger charge is 2.48. The lowest BCUT2D eigenvalue weighted by Crippen LogP contribution is -2.44. The van der Waals surface area contributed by atoms with Gasteiger partial charge in [0.2, 0.25) is 5.09 Å². The Hall–Kier alpha value is -1.60. The summed E-state index contributed by atoms with van der Waals surface area (Å²) in [5, 5.41) is 9.44. The second-order valence-corrected chi connectivity index (χ2v) is 8.03. The highest BCUT2D eigenvalue weighted by molar-refractivity contribution is 7.89. The van der Waals surface area contributed by atoms with Crippen molar-refractivity contribution < 1.29 is 22.7 Å². The first-order chi connectivity index (χ1) is 10.9. The van der Waals surface area contributed by atoms with E-state index in [4.69, 9.17) is 4.42 Å². The molecule has 6 nitrogen and oxygen atoms in total. The van der Waals surface area contributed by atoms with Gasteiger partial charge >= 0.3 is 5.97 Å². The van der Waals surface area contributed by atoms with Crippen LogP contribution < -0.4 is 0 Å². The topological polar surface area (TPSA) is 87.8 Å². The van der Waals surface area contributed by atoms with Gasteiger partial charge in [-0.3, -0.25) is 4.79 Å². The molecule has 1 aliphatic heterocycles. The lowest BCUT2D eigenvalue weighted by atomic mass is 9.63. The molecule has 0 spiro atoms. The third kappa shape index (κ3) is 2.61. The van der Waals surface area contributed by atoms with Gasteiger partial charge in [-0.2, -0.15) is 4.31 Å². The third-order valence-corrected chi connectivity index (χ3v) is 6.72. The van der Waals surface area contributed by atoms with E-state index in [0.29, 0.717) is 38.0 Å². The summed E-state index contributed by atoms with van der Waals surface area (Å²) in [5.41, 5.74) is 0.118. The fraction of sp³-hybridized carbons (Fsp3) is 0.562. The minimum absolute atomic E-state index is 0.0391. The summed E-state index contributed by atoms with van der Waals surface area (Å²) in [6.45, 7) is 2.40. The van der Waals surface area contributed by atoms with Crippen LogP contribution in [0.25, 0.3) is 0 Å². The van der Waals surface area contributed by atoms with Crippen molar-refractivity contribution in [1.82, 2.24) is 4.31 Å². The summed E-state index contributed by atoms with van der Waals surface area (Å²) in [5.74, 6) is -0.152. The van der Waals surface area contributed by atoms with Gasteiger partial charge in [0.05, 0.1) is 5.41 Å². The Balaban J connectivity index is 1.79. The quantitative estimate of drug-likeness (QED) is 0.832. The molecule has 23 heavy (non-hydrogen) atoms. The van der Waals surface area contributed by atoms with E-state index in [-0.39, 0.29) is 11.6 Å². The highest BCUT2D eigenvalue weighted by atomic mass is 32.2. The van der Waals surface area contributed by atoms with Gasteiger partial charge in [-0.1, -0.05) is 25.0 Å². The largest absolute Gasteiger partial charge is 0.481 e. The van der Waals surface area contributed by atoms with E-state index in [2.05, 4.69) is 0 Å². The zero-order valence-corrected chi connectivity index (χ0v) is 13.9. The van der Waals surface area contributed by atoms with Gasteiger partial charge in [0.1, 0.15) is 5.76 Å². The molecule has 1 aromatic rings. The van der Waals surface area contributed by atoms with Crippen LogP contribution in [-0.4, -0.2) is 36.9 Å². The first kappa shape index (κ1) is 16.3. The van der Waals surface area contributed by atoms with Crippen LogP contribution in [0.5, 0.6) is 0 Å². The van der Waals surface area contributed by atoms with Crippen molar-refractivity contribution in [3.8, 4) is 0 Å². The number of aryl methyl sites for hydroxylation is 1. The Morgan fingerprint density at radius 1 is 1.39 bits per heavy atom. The van der Waals surface area contributed by atoms with Crippen LogP contribution in [0.15, 0.2) is 33.3 Å². The molecule has 3 rings (SSSR count). The number of nitrogens with zero attached hydrogens (tertiary/aromatic N) is 1. The molecule has 2 heterocycles. The van der Waals surface area contributed by atoms with Crippen molar-refractivity contribution in [3.05, 3.63) is 29.5 Å². The van der Waals surface area contributed by atoms with Crippen molar-refractivity contribution in [3.63, 3.8) is 0 Å². The van der Waals surface area contributed by atoms with Gasteiger partial charge in [-0.05, 0) is 31.4 Å². The number of hydrogen-bond donors (Lipinski definition) is 1. The first-order valence-electron chi connectivity index (χ1n) is 7.92. The predicted molar refractivity (Wildman–Crippen MR) is 83.5 cm³/mol. The molecule has 1 saturated carbocycles. The minimum atomic E-state index is -3.65. The molecule has 0 saturated heterocycles. The molecule has 2 aliphatic rings. The molecule has 0 bridgehead atoms. The average molecular weight is 339 g/mol. The fourth-order valence-corrected chi connectivity index (χ4v) is 4.63. The van der Waals surface area contributed by atoms with Crippen molar-refractivity contribution in [2.24, 2.45) is 5.41 Å². The smallest absolute Gasteiger partial charge is 0.313 e. The number of furan rings is 1. The van der Waals surface area contributed by atoms with Crippen molar-refractivity contribution in [2.45, 2.75) is 44.1 Å². The van der Waals surface area contributed by atoms with Crippen LogP contribution in [0.2, 0.25) is 0 Å². The molecule has 0 aromatic carbocycles. The molecule has 1 aromatic heterocycles. The van der Waals surface area contributed by atoms with E-state index < -0.39 is 21.4 Å². The van der Waals surface area contributed by atoms with Gasteiger partial charge in [-0.25, -0.2) is 8.42 Å².